The van der Waals surface area contributed by atoms with E-state index in [2.05, 4.69) is 58.9 Å². The molecule has 0 radical (unpaired) electrons. The molecule has 32 heavy (non-hydrogen) atoms. The van der Waals surface area contributed by atoms with Crippen LogP contribution in [-0.4, -0.2) is 19.5 Å². The molecule has 8 heteroatoms. The minimum atomic E-state index is -1.00. The van der Waals surface area contributed by atoms with Gasteiger partial charge in [-0.3, -0.25) is 0 Å². The van der Waals surface area contributed by atoms with Crippen molar-refractivity contribution in [3.63, 3.8) is 0 Å². The molecule has 1 unspecified atom stereocenters. The summed E-state index contributed by atoms with van der Waals surface area (Å²) in [4.78, 5) is 13.8. The zero-order valence-electron chi connectivity index (χ0n) is 17.0. The lowest BCUT2D eigenvalue weighted by atomic mass is 9.85. The molecule has 5 aromatic rings. The Balaban J connectivity index is 1.59. The number of benzene rings is 2. The summed E-state index contributed by atoms with van der Waals surface area (Å²) < 4.78 is 9.84. The van der Waals surface area contributed by atoms with E-state index in [0.717, 1.165) is 25.7 Å². The van der Waals surface area contributed by atoms with Crippen LogP contribution in [0.5, 0.6) is 0 Å². The van der Waals surface area contributed by atoms with Crippen molar-refractivity contribution >= 4 is 43.0 Å². The summed E-state index contributed by atoms with van der Waals surface area (Å²) >= 11 is 6.97. The lowest BCUT2D eigenvalue weighted by Gasteiger charge is -2.27. The van der Waals surface area contributed by atoms with Gasteiger partial charge < -0.3 is 14.7 Å². The third kappa shape index (κ3) is 4.01. The molecule has 0 saturated heterocycles. The minimum Gasteiger partial charge on any atom is -0.467 e. The van der Waals surface area contributed by atoms with Gasteiger partial charge in [0, 0.05) is 15.4 Å². The summed E-state index contributed by atoms with van der Waals surface area (Å²) in [5.74, 6) is 0.628. The third-order valence-electron chi connectivity index (χ3n) is 5.45. The highest BCUT2D eigenvalue weighted by molar-refractivity contribution is 9.10. The van der Waals surface area contributed by atoms with Crippen LogP contribution in [0.1, 0.15) is 22.6 Å². The molecular weight excluding hydrogens is 534 g/mol. The van der Waals surface area contributed by atoms with Gasteiger partial charge in [-0.15, -0.1) is 0 Å². The Bertz CT molecular complexity index is 1350. The van der Waals surface area contributed by atoms with Gasteiger partial charge >= 0.3 is 0 Å². The highest BCUT2D eigenvalue weighted by Gasteiger charge is 2.37. The van der Waals surface area contributed by atoms with E-state index < -0.39 is 5.54 Å². The maximum Gasteiger partial charge on any atom is 0.163 e. The predicted molar refractivity (Wildman–Crippen MR) is 130 cm³/mol. The zero-order chi connectivity index (χ0) is 22.1. The van der Waals surface area contributed by atoms with Crippen LogP contribution in [0.15, 0.2) is 92.9 Å². The van der Waals surface area contributed by atoms with Gasteiger partial charge in [0.1, 0.15) is 23.1 Å². The monoisotopic (exact) mass is 551 g/mol. The molecular formula is C24H19Br2N5O. The molecule has 3 heterocycles. The number of rotatable bonds is 6. The van der Waals surface area contributed by atoms with Crippen LogP contribution in [0, 0.1) is 0 Å². The van der Waals surface area contributed by atoms with E-state index in [0.29, 0.717) is 29.9 Å². The Morgan fingerprint density at radius 1 is 0.875 bits per heavy atom. The summed E-state index contributed by atoms with van der Waals surface area (Å²) in [6.45, 7) is 0.644. The smallest absolute Gasteiger partial charge is 0.163 e. The number of nitrogens with zero attached hydrogens (tertiary/aromatic N) is 4. The first-order valence-electron chi connectivity index (χ1n) is 10.0. The van der Waals surface area contributed by atoms with Crippen molar-refractivity contribution in [3.8, 4) is 0 Å². The van der Waals surface area contributed by atoms with Gasteiger partial charge in [0.2, 0.25) is 0 Å². The highest BCUT2D eigenvalue weighted by atomic mass is 79.9. The molecule has 0 aliphatic carbocycles. The van der Waals surface area contributed by atoms with Gasteiger partial charge in [-0.1, -0.05) is 56.1 Å². The Labute approximate surface area is 201 Å². The molecule has 3 aromatic heterocycles. The topological polar surface area (TPSA) is 82.8 Å². The fraction of sp³-hybridized carbons (Fsp3) is 0.125. The summed E-state index contributed by atoms with van der Waals surface area (Å²) in [7, 11) is 0. The average molecular weight is 553 g/mol. The van der Waals surface area contributed by atoms with Crippen LogP contribution in [0.25, 0.3) is 11.2 Å². The van der Waals surface area contributed by atoms with E-state index in [9.17, 15) is 0 Å². The van der Waals surface area contributed by atoms with Crippen molar-refractivity contribution in [3.05, 3.63) is 111 Å². The number of furan rings is 1. The lowest BCUT2D eigenvalue weighted by Crippen LogP contribution is -2.41. The second kappa shape index (κ2) is 8.61. The van der Waals surface area contributed by atoms with Crippen molar-refractivity contribution in [2.45, 2.75) is 18.5 Å². The number of nitrogens with two attached hydrogens (primary N) is 1. The standard InChI is InChI=1S/C24H19Br2N5O/c25-18-7-3-16(4-8-18)12-24(27,20-2-1-11-32-20)22-21-23(29-14-28-22)31(15-30-21)13-17-5-9-19(26)10-6-17/h1-11,14-15H,12-13,27H2. The van der Waals surface area contributed by atoms with E-state index in [1.807, 2.05) is 53.1 Å². The molecule has 5 rings (SSSR count). The summed E-state index contributed by atoms with van der Waals surface area (Å²) in [6, 6.07) is 20.0. The van der Waals surface area contributed by atoms with E-state index in [4.69, 9.17) is 10.2 Å². The van der Waals surface area contributed by atoms with Gasteiger partial charge in [0.15, 0.2) is 5.65 Å². The Kier molecular flexibility index (Phi) is 5.67. The molecule has 0 aliphatic heterocycles. The number of hydrogen-bond donors (Lipinski definition) is 1. The normalized spacial score (nSPS) is 13.3. The molecule has 0 aliphatic rings. The molecule has 0 fully saturated rings. The average Bonchev–Trinajstić information content (AvgIpc) is 3.48. The number of fused-ring (bicyclic) bond motifs is 1. The summed E-state index contributed by atoms with van der Waals surface area (Å²) in [5.41, 5.74) is 10.3. The molecule has 0 saturated carbocycles. The first-order chi connectivity index (χ1) is 15.5. The SMILES string of the molecule is NC(Cc1ccc(Br)cc1)(c1ccco1)c1ncnc2c1ncn2Cc1ccc(Br)cc1. The molecule has 160 valence electrons. The van der Waals surface area contributed by atoms with Gasteiger partial charge in [0.25, 0.3) is 0 Å². The van der Waals surface area contributed by atoms with E-state index >= 15 is 0 Å². The van der Waals surface area contributed by atoms with Gasteiger partial charge in [-0.25, -0.2) is 15.0 Å². The van der Waals surface area contributed by atoms with Crippen LogP contribution in [0.2, 0.25) is 0 Å². The fourth-order valence-corrected chi connectivity index (χ4v) is 4.38. The second-order valence-electron chi connectivity index (χ2n) is 7.65. The molecule has 2 N–H and O–H groups in total. The third-order valence-corrected chi connectivity index (χ3v) is 6.50. The van der Waals surface area contributed by atoms with Crippen LogP contribution < -0.4 is 5.73 Å². The lowest BCUT2D eigenvalue weighted by molar-refractivity contribution is 0.385. The van der Waals surface area contributed by atoms with Crippen molar-refractivity contribution in [2.24, 2.45) is 5.73 Å². The second-order valence-corrected chi connectivity index (χ2v) is 9.48. The van der Waals surface area contributed by atoms with Gasteiger partial charge in [0.05, 0.1) is 24.8 Å². The van der Waals surface area contributed by atoms with Crippen molar-refractivity contribution in [2.75, 3.05) is 0 Å². The Morgan fingerprint density at radius 2 is 1.56 bits per heavy atom. The van der Waals surface area contributed by atoms with Crippen molar-refractivity contribution < 1.29 is 4.42 Å². The minimum absolute atomic E-state index is 0.499. The molecule has 1 atom stereocenters. The number of hydrogen-bond acceptors (Lipinski definition) is 5. The largest absolute Gasteiger partial charge is 0.467 e. The quantitative estimate of drug-likeness (QED) is 0.303. The van der Waals surface area contributed by atoms with Crippen molar-refractivity contribution in [1.82, 2.24) is 19.5 Å². The molecule has 2 aromatic carbocycles. The maximum absolute atomic E-state index is 7.05. The molecule has 6 nitrogen and oxygen atoms in total. The van der Waals surface area contributed by atoms with Gasteiger partial charge in [-0.05, 0) is 47.5 Å². The first-order valence-corrected chi connectivity index (χ1v) is 11.6. The maximum atomic E-state index is 7.05. The van der Waals surface area contributed by atoms with E-state index in [1.54, 1.807) is 18.9 Å². The Hall–Kier alpha value is -2.81. The Morgan fingerprint density at radius 3 is 2.22 bits per heavy atom. The van der Waals surface area contributed by atoms with Crippen LogP contribution >= 0.6 is 31.9 Å². The fourth-order valence-electron chi connectivity index (χ4n) is 3.85. The number of imidazole rings is 1. The van der Waals surface area contributed by atoms with E-state index in [-0.39, 0.29) is 0 Å². The van der Waals surface area contributed by atoms with Crippen molar-refractivity contribution in [1.29, 1.82) is 0 Å². The van der Waals surface area contributed by atoms with Gasteiger partial charge in [-0.2, -0.15) is 0 Å². The summed E-state index contributed by atoms with van der Waals surface area (Å²) in [6.07, 6.45) is 5.46. The van der Waals surface area contributed by atoms with Crippen LogP contribution in [0.4, 0.5) is 0 Å². The number of aromatic nitrogens is 4. The summed E-state index contributed by atoms with van der Waals surface area (Å²) in [5, 5.41) is 0. The molecule has 0 bridgehead atoms. The van der Waals surface area contributed by atoms with E-state index in [1.165, 1.54) is 0 Å². The zero-order valence-corrected chi connectivity index (χ0v) is 20.1. The first kappa shape index (κ1) is 21.1. The van der Waals surface area contributed by atoms with Crippen LogP contribution in [-0.2, 0) is 18.5 Å². The predicted octanol–water partition coefficient (Wildman–Crippen LogP) is 5.44. The molecule has 0 spiro atoms. The highest BCUT2D eigenvalue weighted by Crippen LogP contribution is 2.33. The number of halogens is 2. The van der Waals surface area contributed by atoms with Crippen LogP contribution in [0.3, 0.4) is 0 Å². The molecule has 0 amide bonds.